The summed E-state index contributed by atoms with van der Waals surface area (Å²) in [6.07, 6.45) is 2.73. The molecule has 0 saturated carbocycles. The molecule has 7 heteroatoms. The highest BCUT2D eigenvalue weighted by molar-refractivity contribution is 5.69. The van der Waals surface area contributed by atoms with Crippen LogP contribution in [-0.2, 0) is 4.74 Å². The van der Waals surface area contributed by atoms with Crippen LogP contribution in [0, 0.1) is 0 Å². The third kappa shape index (κ3) is 1.58. The lowest BCUT2D eigenvalue weighted by Gasteiger charge is -2.19. The van der Waals surface area contributed by atoms with Gasteiger partial charge in [-0.2, -0.15) is 0 Å². The van der Waals surface area contributed by atoms with Gasteiger partial charge in [0.15, 0.2) is 5.65 Å². The Labute approximate surface area is 96.1 Å². The second-order valence-corrected chi connectivity index (χ2v) is 3.94. The fourth-order valence-corrected chi connectivity index (χ4v) is 2.16. The average Bonchev–Trinajstić information content (AvgIpc) is 2.92. The fourth-order valence-electron chi connectivity index (χ4n) is 2.16. The van der Waals surface area contributed by atoms with Gasteiger partial charge in [-0.05, 0) is 0 Å². The zero-order valence-corrected chi connectivity index (χ0v) is 8.90. The van der Waals surface area contributed by atoms with Crippen molar-refractivity contribution in [2.75, 3.05) is 13.2 Å². The Morgan fingerprint density at radius 2 is 2.41 bits per heavy atom. The summed E-state index contributed by atoms with van der Waals surface area (Å²) in [7, 11) is 0. The van der Waals surface area contributed by atoms with E-state index < -0.39 is 18.3 Å². The molecular formula is C10H11FN4O2. The van der Waals surface area contributed by atoms with Gasteiger partial charge in [0.2, 0.25) is 0 Å². The van der Waals surface area contributed by atoms with E-state index in [0.717, 1.165) is 0 Å². The third-order valence-corrected chi connectivity index (χ3v) is 2.96. The van der Waals surface area contributed by atoms with Crippen LogP contribution in [0.15, 0.2) is 18.9 Å². The quantitative estimate of drug-likeness (QED) is 0.803. The Balaban J connectivity index is 2.08. The van der Waals surface area contributed by atoms with E-state index in [1.54, 1.807) is 10.8 Å². The summed E-state index contributed by atoms with van der Waals surface area (Å²) in [5, 5.41) is 9.17. The van der Waals surface area contributed by atoms with E-state index >= 15 is 0 Å². The average molecular weight is 238 g/mol. The Kier molecular flexibility index (Phi) is 2.49. The van der Waals surface area contributed by atoms with Crippen LogP contribution in [-0.4, -0.2) is 50.1 Å². The fraction of sp³-hybridized carbons (Fsp3) is 0.500. The molecule has 1 fully saturated rings. The number of hydrogen-bond acceptors (Lipinski definition) is 5. The summed E-state index contributed by atoms with van der Waals surface area (Å²) in [5.41, 5.74) is 1.15. The normalized spacial score (nSPS) is 28.9. The lowest BCUT2D eigenvalue weighted by Crippen LogP contribution is -2.27. The molecule has 1 N–H and O–H groups in total. The molecule has 2 aromatic heterocycles. The number of halogens is 1. The van der Waals surface area contributed by atoms with E-state index in [1.807, 2.05) is 0 Å². The van der Waals surface area contributed by atoms with Crippen LogP contribution in [0.5, 0.6) is 0 Å². The molecule has 3 atom stereocenters. The van der Waals surface area contributed by atoms with E-state index in [1.165, 1.54) is 12.7 Å². The SMILES string of the molecule is OC[C@H]1OC[C@H](F)[C@@H]1n1cnc2cncnc21. The van der Waals surface area contributed by atoms with Crippen molar-refractivity contribution in [2.24, 2.45) is 0 Å². The van der Waals surface area contributed by atoms with E-state index in [4.69, 9.17) is 9.84 Å². The van der Waals surface area contributed by atoms with Crippen LogP contribution >= 0.6 is 0 Å². The summed E-state index contributed by atoms with van der Waals surface area (Å²) < 4.78 is 20.6. The number of hydrogen-bond donors (Lipinski definition) is 1. The summed E-state index contributed by atoms with van der Waals surface area (Å²) >= 11 is 0. The first kappa shape index (κ1) is 10.5. The lowest BCUT2D eigenvalue weighted by atomic mass is 10.1. The second-order valence-electron chi connectivity index (χ2n) is 3.94. The second kappa shape index (κ2) is 4.01. The first-order chi connectivity index (χ1) is 8.31. The Morgan fingerprint density at radius 1 is 1.53 bits per heavy atom. The molecule has 0 bridgehead atoms. The molecule has 0 amide bonds. The molecule has 0 aliphatic carbocycles. The van der Waals surface area contributed by atoms with Crippen molar-refractivity contribution in [3.8, 4) is 0 Å². The van der Waals surface area contributed by atoms with Gasteiger partial charge in [-0.15, -0.1) is 0 Å². The summed E-state index contributed by atoms with van der Waals surface area (Å²) in [6, 6.07) is -0.583. The van der Waals surface area contributed by atoms with Crippen molar-refractivity contribution in [2.45, 2.75) is 18.3 Å². The van der Waals surface area contributed by atoms with Gasteiger partial charge in [0.05, 0.1) is 31.8 Å². The first-order valence-corrected chi connectivity index (χ1v) is 5.30. The maximum atomic E-state index is 13.8. The standard InChI is InChI=1S/C10H11FN4O2/c11-6-3-17-8(2-16)9(6)15-5-14-7-1-12-4-13-10(7)15/h1,4-6,8-9,16H,2-3H2/t6-,8+,9-/m0/s1. The number of nitrogens with zero attached hydrogens (tertiary/aromatic N) is 4. The van der Waals surface area contributed by atoms with Crippen molar-refractivity contribution in [1.29, 1.82) is 0 Å². The number of aliphatic hydroxyl groups excluding tert-OH is 1. The van der Waals surface area contributed by atoms with E-state index in [0.29, 0.717) is 11.2 Å². The molecule has 2 aromatic rings. The molecule has 0 spiro atoms. The number of aliphatic hydroxyl groups is 1. The predicted octanol–water partition coefficient (Wildman–Crippen LogP) is 0.0966. The molecule has 3 rings (SSSR count). The van der Waals surface area contributed by atoms with Gasteiger partial charge in [-0.25, -0.2) is 19.3 Å². The Morgan fingerprint density at radius 3 is 3.24 bits per heavy atom. The molecule has 1 saturated heterocycles. The smallest absolute Gasteiger partial charge is 0.163 e. The number of ether oxygens (including phenoxy) is 1. The Hall–Kier alpha value is -1.60. The van der Waals surface area contributed by atoms with Crippen LogP contribution in [0.4, 0.5) is 4.39 Å². The minimum Gasteiger partial charge on any atom is -0.394 e. The molecule has 0 radical (unpaired) electrons. The minimum atomic E-state index is -1.17. The van der Waals surface area contributed by atoms with Crippen molar-refractivity contribution in [1.82, 2.24) is 19.5 Å². The van der Waals surface area contributed by atoms with Crippen LogP contribution in [0.25, 0.3) is 11.2 Å². The van der Waals surface area contributed by atoms with Crippen LogP contribution in [0.1, 0.15) is 6.04 Å². The number of imidazole rings is 1. The van der Waals surface area contributed by atoms with Gasteiger partial charge in [-0.3, -0.25) is 0 Å². The van der Waals surface area contributed by atoms with Crippen molar-refractivity contribution >= 4 is 11.2 Å². The van der Waals surface area contributed by atoms with Gasteiger partial charge in [0.25, 0.3) is 0 Å². The molecule has 1 aliphatic rings. The van der Waals surface area contributed by atoms with E-state index in [-0.39, 0.29) is 13.2 Å². The van der Waals surface area contributed by atoms with Crippen molar-refractivity contribution in [3.63, 3.8) is 0 Å². The van der Waals surface area contributed by atoms with E-state index in [9.17, 15) is 4.39 Å². The lowest BCUT2D eigenvalue weighted by molar-refractivity contribution is 0.0423. The first-order valence-electron chi connectivity index (χ1n) is 5.30. The molecule has 90 valence electrons. The molecular weight excluding hydrogens is 227 g/mol. The van der Waals surface area contributed by atoms with Crippen molar-refractivity contribution in [3.05, 3.63) is 18.9 Å². The van der Waals surface area contributed by atoms with Gasteiger partial charge >= 0.3 is 0 Å². The minimum absolute atomic E-state index is 0.0132. The summed E-state index contributed by atoms with van der Waals surface area (Å²) in [4.78, 5) is 12.0. The molecule has 3 heterocycles. The highest BCUT2D eigenvalue weighted by atomic mass is 19.1. The zero-order valence-electron chi connectivity index (χ0n) is 8.90. The third-order valence-electron chi connectivity index (χ3n) is 2.96. The molecule has 17 heavy (non-hydrogen) atoms. The number of fused-ring (bicyclic) bond motifs is 1. The maximum absolute atomic E-state index is 13.8. The van der Waals surface area contributed by atoms with Crippen LogP contribution < -0.4 is 0 Å². The van der Waals surface area contributed by atoms with Crippen LogP contribution in [0.3, 0.4) is 0 Å². The van der Waals surface area contributed by atoms with Crippen LogP contribution in [0.2, 0.25) is 0 Å². The largest absolute Gasteiger partial charge is 0.394 e. The number of aromatic nitrogens is 4. The molecule has 0 unspecified atom stereocenters. The highest BCUT2D eigenvalue weighted by Crippen LogP contribution is 2.30. The topological polar surface area (TPSA) is 73.1 Å². The molecule has 1 aliphatic heterocycles. The Bertz CT molecular complexity index is 532. The number of alkyl halides is 1. The van der Waals surface area contributed by atoms with Crippen molar-refractivity contribution < 1.29 is 14.2 Å². The monoisotopic (exact) mass is 238 g/mol. The number of rotatable bonds is 2. The maximum Gasteiger partial charge on any atom is 0.163 e. The highest BCUT2D eigenvalue weighted by Gasteiger charge is 2.39. The summed E-state index contributed by atoms with van der Waals surface area (Å²) in [5.74, 6) is 0. The zero-order chi connectivity index (χ0) is 11.8. The van der Waals surface area contributed by atoms with Gasteiger partial charge in [-0.1, -0.05) is 0 Å². The van der Waals surface area contributed by atoms with Gasteiger partial charge in [0.1, 0.15) is 24.1 Å². The van der Waals surface area contributed by atoms with E-state index in [2.05, 4.69) is 15.0 Å². The molecule has 0 aromatic carbocycles. The van der Waals surface area contributed by atoms with Gasteiger partial charge < -0.3 is 14.4 Å². The summed E-state index contributed by atoms with van der Waals surface area (Å²) in [6.45, 7) is -0.240. The molecule has 6 nitrogen and oxygen atoms in total. The van der Waals surface area contributed by atoms with Gasteiger partial charge in [0, 0.05) is 0 Å². The predicted molar refractivity (Wildman–Crippen MR) is 56.1 cm³/mol.